The molecule has 0 aliphatic heterocycles. The van der Waals surface area contributed by atoms with Crippen LogP contribution in [0, 0.1) is 23.4 Å². The summed E-state index contributed by atoms with van der Waals surface area (Å²) in [6.45, 7) is 4.68. The Balaban J connectivity index is 2.62. The van der Waals surface area contributed by atoms with Crippen molar-refractivity contribution >= 4 is 5.69 Å². The third kappa shape index (κ3) is 4.24. The molecule has 0 aromatic heterocycles. The summed E-state index contributed by atoms with van der Waals surface area (Å²) in [5.74, 6) is -2.27. The first-order valence-corrected chi connectivity index (χ1v) is 6.46. The first kappa shape index (κ1) is 14.9. The smallest absolute Gasteiger partial charge is 0.152 e. The van der Waals surface area contributed by atoms with Gasteiger partial charge in [-0.05, 0) is 12.3 Å². The Labute approximate surface area is 106 Å². The molecule has 0 heterocycles. The summed E-state index contributed by atoms with van der Waals surface area (Å²) in [5.41, 5.74) is -0.230. The van der Waals surface area contributed by atoms with Gasteiger partial charge >= 0.3 is 0 Å². The monoisotopic (exact) mass is 259 g/mol. The summed E-state index contributed by atoms with van der Waals surface area (Å²) < 4.78 is 39.5. The molecule has 0 fully saturated rings. The van der Waals surface area contributed by atoms with Gasteiger partial charge in [-0.3, -0.25) is 0 Å². The lowest BCUT2D eigenvalue weighted by atomic mass is 9.99. The highest BCUT2D eigenvalue weighted by molar-refractivity contribution is 5.46. The van der Waals surface area contributed by atoms with Gasteiger partial charge in [-0.2, -0.15) is 0 Å². The molecule has 0 aliphatic rings. The van der Waals surface area contributed by atoms with Crippen LogP contribution in [0.5, 0.6) is 0 Å². The molecule has 0 aliphatic carbocycles. The van der Waals surface area contributed by atoms with Crippen LogP contribution in [0.2, 0.25) is 0 Å². The Morgan fingerprint density at radius 2 is 1.72 bits per heavy atom. The van der Waals surface area contributed by atoms with E-state index in [2.05, 4.69) is 19.2 Å². The molecule has 1 nitrogen and oxygen atoms in total. The highest BCUT2D eigenvalue weighted by Gasteiger charge is 2.13. The zero-order valence-corrected chi connectivity index (χ0v) is 10.9. The SMILES string of the molecule is CCCCC(CC)CNc1c(F)cc(F)cc1F. The van der Waals surface area contributed by atoms with E-state index in [0.29, 0.717) is 24.6 Å². The highest BCUT2D eigenvalue weighted by atomic mass is 19.1. The number of hydrogen-bond acceptors (Lipinski definition) is 1. The van der Waals surface area contributed by atoms with E-state index in [1.165, 1.54) is 0 Å². The third-order valence-electron chi connectivity index (χ3n) is 3.12. The molecule has 0 radical (unpaired) electrons. The fourth-order valence-corrected chi connectivity index (χ4v) is 1.90. The fourth-order valence-electron chi connectivity index (χ4n) is 1.90. The van der Waals surface area contributed by atoms with Gasteiger partial charge in [0.15, 0.2) is 11.6 Å². The van der Waals surface area contributed by atoms with Gasteiger partial charge in [0.2, 0.25) is 0 Å². The molecular weight excluding hydrogens is 239 g/mol. The predicted octanol–water partition coefficient (Wildman–Crippen LogP) is 4.73. The van der Waals surface area contributed by atoms with E-state index < -0.39 is 17.5 Å². The lowest BCUT2D eigenvalue weighted by Gasteiger charge is -2.16. The summed E-state index contributed by atoms with van der Waals surface area (Å²) in [7, 11) is 0. The van der Waals surface area contributed by atoms with E-state index in [9.17, 15) is 13.2 Å². The van der Waals surface area contributed by atoms with E-state index >= 15 is 0 Å². The molecule has 1 N–H and O–H groups in total. The van der Waals surface area contributed by atoms with Crippen molar-refractivity contribution in [2.24, 2.45) is 5.92 Å². The maximum Gasteiger partial charge on any atom is 0.152 e. The van der Waals surface area contributed by atoms with Crippen molar-refractivity contribution in [3.63, 3.8) is 0 Å². The Bertz CT molecular complexity index is 356. The van der Waals surface area contributed by atoms with Crippen LogP contribution in [0.4, 0.5) is 18.9 Å². The average Bonchev–Trinajstić information content (AvgIpc) is 2.31. The lowest BCUT2D eigenvalue weighted by molar-refractivity contribution is 0.469. The van der Waals surface area contributed by atoms with Gasteiger partial charge in [0.1, 0.15) is 11.5 Å². The van der Waals surface area contributed by atoms with Crippen LogP contribution >= 0.6 is 0 Å². The van der Waals surface area contributed by atoms with Crippen molar-refractivity contribution < 1.29 is 13.2 Å². The maximum absolute atomic E-state index is 13.4. The second-order valence-corrected chi connectivity index (χ2v) is 4.54. The minimum absolute atomic E-state index is 0.230. The largest absolute Gasteiger partial charge is 0.380 e. The van der Waals surface area contributed by atoms with Crippen molar-refractivity contribution in [1.29, 1.82) is 0 Å². The van der Waals surface area contributed by atoms with E-state index in [1.54, 1.807) is 0 Å². The minimum atomic E-state index is -0.895. The van der Waals surface area contributed by atoms with Crippen molar-refractivity contribution in [3.05, 3.63) is 29.6 Å². The fraction of sp³-hybridized carbons (Fsp3) is 0.571. The number of unbranched alkanes of at least 4 members (excludes halogenated alkanes) is 1. The molecule has 102 valence electrons. The van der Waals surface area contributed by atoms with Crippen LogP contribution in [0.25, 0.3) is 0 Å². The third-order valence-corrected chi connectivity index (χ3v) is 3.12. The second kappa shape index (κ2) is 7.29. The second-order valence-electron chi connectivity index (χ2n) is 4.54. The van der Waals surface area contributed by atoms with Gasteiger partial charge in [-0.25, -0.2) is 13.2 Å². The Kier molecular flexibility index (Phi) is 6.02. The molecular formula is C14H20F3N. The van der Waals surface area contributed by atoms with Crippen LogP contribution < -0.4 is 5.32 Å². The molecule has 1 unspecified atom stereocenters. The molecule has 1 aromatic carbocycles. The Morgan fingerprint density at radius 3 is 2.22 bits per heavy atom. The molecule has 0 saturated heterocycles. The molecule has 0 bridgehead atoms. The normalized spacial score (nSPS) is 12.5. The number of nitrogens with one attached hydrogen (secondary N) is 1. The quantitative estimate of drug-likeness (QED) is 0.746. The standard InChI is InChI=1S/C14H20F3N/c1-3-5-6-10(4-2)9-18-14-12(16)7-11(15)8-13(14)17/h7-8,10,18H,3-6,9H2,1-2H3. The van der Waals surface area contributed by atoms with Gasteiger partial charge in [0.25, 0.3) is 0 Å². The van der Waals surface area contributed by atoms with E-state index in [-0.39, 0.29) is 5.69 Å². The summed E-state index contributed by atoms with van der Waals surface area (Å²) in [4.78, 5) is 0. The Hall–Kier alpha value is -1.19. The van der Waals surface area contributed by atoms with E-state index in [0.717, 1.165) is 25.7 Å². The van der Waals surface area contributed by atoms with Crippen LogP contribution in [0.1, 0.15) is 39.5 Å². The van der Waals surface area contributed by atoms with Crippen LogP contribution in [0.3, 0.4) is 0 Å². The molecule has 0 amide bonds. The van der Waals surface area contributed by atoms with Gasteiger partial charge in [0, 0.05) is 18.7 Å². The van der Waals surface area contributed by atoms with Gasteiger partial charge < -0.3 is 5.32 Å². The number of rotatable bonds is 7. The molecule has 4 heteroatoms. The molecule has 0 spiro atoms. The van der Waals surface area contributed by atoms with Crippen molar-refractivity contribution in [1.82, 2.24) is 0 Å². The molecule has 1 rings (SSSR count). The molecule has 18 heavy (non-hydrogen) atoms. The van der Waals surface area contributed by atoms with Gasteiger partial charge in [-0.1, -0.05) is 33.1 Å². The predicted molar refractivity (Wildman–Crippen MR) is 68.1 cm³/mol. The molecule has 1 atom stereocenters. The van der Waals surface area contributed by atoms with Crippen molar-refractivity contribution in [2.75, 3.05) is 11.9 Å². The van der Waals surface area contributed by atoms with Crippen molar-refractivity contribution in [3.8, 4) is 0 Å². The first-order chi connectivity index (χ1) is 8.58. The number of hydrogen-bond donors (Lipinski definition) is 1. The molecule has 1 aromatic rings. The summed E-state index contributed by atoms with van der Waals surface area (Å²) in [6.07, 6.45) is 4.20. The van der Waals surface area contributed by atoms with Gasteiger partial charge in [-0.15, -0.1) is 0 Å². The topological polar surface area (TPSA) is 12.0 Å². The van der Waals surface area contributed by atoms with Crippen LogP contribution in [-0.2, 0) is 0 Å². The van der Waals surface area contributed by atoms with E-state index in [1.807, 2.05) is 0 Å². The minimum Gasteiger partial charge on any atom is -0.380 e. The summed E-state index contributed by atoms with van der Waals surface area (Å²) >= 11 is 0. The zero-order chi connectivity index (χ0) is 13.5. The maximum atomic E-state index is 13.4. The molecule has 0 saturated carbocycles. The highest BCUT2D eigenvalue weighted by Crippen LogP contribution is 2.21. The van der Waals surface area contributed by atoms with Crippen LogP contribution in [-0.4, -0.2) is 6.54 Å². The number of halogens is 3. The van der Waals surface area contributed by atoms with E-state index in [4.69, 9.17) is 0 Å². The summed E-state index contributed by atoms with van der Waals surface area (Å²) in [6, 6.07) is 1.39. The number of benzene rings is 1. The Morgan fingerprint density at radius 1 is 1.11 bits per heavy atom. The summed E-state index contributed by atoms with van der Waals surface area (Å²) in [5, 5.41) is 2.75. The number of anilines is 1. The van der Waals surface area contributed by atoms with Crippen molar-refractivity contribution in [2.45, 2.75) is 39.5 Å². The zero-order valence-electron chi connectivity index (χ0n) is 10.9. The average molecular weight is 259 g/mol. The lowest BCUT2D eigenvalue weighted by Crippen LogP contribution is -2.15. The van der Waals surface area contributed by atoms with Gasteiger partial charge in [0.05, 0.1) is 0 Å². The van der Waals surface area contributed by atoms with Crippen LogP contribution in [0.15, 0.2) is 12.1 Å². The first-order valence-electron chi connectivity index (χ1n) is 6.46.